The molecule has 3 aromatic rings. The van der Waals surface area contributed by atoms with E-state index in [0.29, 0.717) is 17.1 Å². The third-order valence-corrected chi connectivity index (χ3v) is 3.62. The molecular formula is C18H15N2O4-. The van der Waals surface area contributed by atoms with Gasteiger partial charge in [0.2, 0.25) is 0 Å². The number of methoxy groups -OCH3 is 2. The number of nitrogens with zero attached hydrogens (tertiary/aromatic N) is 2. The molecule has 0 radical (unpaired) electrons. The van der Waals surface area contributed by atoms with Crippen molar-refractivity contribution in [3.63, 3.8) is 0 Å². The molecule has 0 aliphatic carbocycles. The number of carboxylic acids is 1. The Bertz CT molecular complexity index is 872. The molecular weight excluding hydrogens is 308 g/mol. The van der Waals surface area contributed by atoms with E-state index in [9.17, 15) is 9.90 Å². The molecule has 0 saturated carbocycles. The fourth-order valence-electron chi connectivity index (χ4n) is 2.43. The second-order valence-corrected chi connectivity index (χ2v) is 5.03. The van der Waals surface area contributed by atoms with E-state index in [1.807, 2.05) is 30.3 Å². The number of ether oxygens (including phenoxy) is 2. The maximum absolute atomic E-state index is 11.5. The van der Waals surface area contributed by atoms with E-state index >= 15 is 0 Å². The molecule has 1 aromatic heterocycles. The third kappa shape index (κ3) is 2.81. The molecule has 0 aliphatic rings. The van der Waals surface area contributed by atoms with Gasteiger partial charge >= 0.3 is 0 Å². The average molecular weight is 323 g/mol. The fraction of sp³-hybridized carbons (Fsp3) is 0.111. The Morgan fingerprint density at radius 2 is 1.83 bits per heavy atom. The highest BCUT2D eigenvalue weighted by Gasteiger charge is 2.17. The Kier molecular flexibility index (Phi) is 4.20. The number of carboxylic acid groups (broad SMARTS) is 1. The molecule has 2 aromatic carbocycles. The lowest BCUT2D eigenvalue weighted by Crippen LogP contribution is -2.22. The van der Waals surface area contributed by atoms with E-state index in [4.69, 9.17) is 9.47 Å². The maximum Gasteiger partial charge on any atom is 0.132 e. The zero-order valence-corrected chi connectivity index (χ0v) is 13.2. The Morgan fingerprint density at radius 3 is 2.46 bits per heavy atom. The van der Waals surface area contributed by atoms with E-state index in [0.717, 1.165) is 5.69 Å². The molecule has 0 N–H and O–H groups in total. The van der Waals surface area contributed by atoms with Gasteiger partial charge < -0.3 is 19.4 Å². The van der Waals surface area contributed by atoms with Crippen molar-refractivity contribution in [1.29, 1.82) is 0 Å². The van der Waals surface area contributed by atoms with Crippen LogP contribution >= 0.6 is 0 Å². The fourth-order valence-corrected chi connectivity index (χ4v) is 2.43. The van der Waals surface area contributed by atoms with E-state index in [1.54, 1.807) is 25.3 Å². The average Bonchev–Trinajstić information content (AvgIpc) is 3.07. The minimum Gasteiger partial charge on any atom is -0.545 e. The minimum absolute atomic E-state index is 0.0117. The normalized spacial score (nSPS) is 10.4. The van der Waals surface area contributed by atoms with Crippen LogP contribution in [0.5, 0.6) is 11.5 Å². The van der Waals surface area contributed by atoms with Crippen molar-refractivity contribution in [1.82, 2.24) is 9.78 Å². The summed E-state index contributed by atoms with van der Waals surface area (Å²) in [4.78, 5) is 11.5. The maximum atomic E-state index is 11.5. The molecule has 3 rings (SSSR count). The molecule has 6 heteroatoms. The molecule has 1 heterocycles. The topological polar surface area (TPSA) is 76.4 Å². The number of aromatic nitrogens is 2. The van der Waals surface area contributed by atoms with Crippen molar-refractivity contribution in [2.75, 3.05) is 14.2 Å². The van der Waals surface area contributed by atoms with Crippen molar-refractivity contribution in [2.24, 2.45) is 0 Å². The predicted molar refractivity (Wildman–Crippen MR) is 86.4 cm³/mol. The van der Waals surface area contributed by atoms with E-state index in [2.05, 4.69) is 5.10 Å². The van der Waals surface area contributed by atoms with Crippen LogP contribution < -0.4 is 14.6 Å². The van der Waals surface area contributed by atoms with Crippen LogP contribution in [-0.2, 0) is 0 Å². The second kappa shape index (κ2) is 6.45. The Morgan fingerprint density at radius 1 is 1.08 bits per heavy atom. The van der Waals surface area contributed by atoms with Crippen LogP contribution in [-0.4, -0.2) is 30.0 Å². The van der Waals surface area contributed by atoms with Gasteiger partial charge in [-0.2, -0.15) is 5.10 Å². The van der Waals surface area contributed by atoms with Crippen molar-refractivity contribution < 1.29 is 19.4 Å². The van der Waals surface area contributed by atoms with Gasteiger partial charge in [0.25, 0.3) is 0 Å². The van der Waals surface area contributed by atoms with Crippen LogP contribution in [0.3, 0.4) is 0 Å². The SMILES string of the molecule is COc1ccc(-c2nn(-c3ccccc3)cc2C(=O)[O-])c(OC)c1. The van der Waals surface area contributed by atoms with Crippen molar-refractivity contribution in [3.05, 3.63) is 60.3 Å². The second-order valence-electron chi connectivity index (χ2n) is 5.03. The first-order chi connectivity index (χ1) is 11.6. The summed E-state index contributed by atoms with van der Waals surface area (Å²) in [5, 5.41) is 15.9. The summed E-state index contributed by atoms with van der Waals surface area (Å²) in [5.41, 5.74) is 1.56. The molecule has 0 amide bonds. The summed E-state index contributed by atoms with van der Waals surface area (Å²) in [7, 11) is 3.05. The summed E-state index contributed by atoms with van der Waals surface area (Å²) in [6.07, 6.45) is 1.43. The van der Waals surface area contributed by atoms with Crippen LogP contribution in [0.2, 0.25) is 0 Å². The Balaban J connectivity index is 2.17. The zero-order chi connectivity index (χ0) is 17.1. The first-order valence-corrected chi connectivity index (χ1v) is 7.23. The summed E-state index contributed by atoms with van der Waals surface area (Å²) in [6, 6.07) is 14.4. The molecule has 0 unspecified atom stereocenters. The molecule has 0 aliphatic heterocycles. The van der Waals surface area contributed by atoms with Gasteiger partial charge in [-0.3, -0.25) is 0 Å². The summed E-state index contributed by atoms with van der Waals surface area (Å²) >= 11 is 0. The number of carbonyl (C=O) groups is 1. The first kappa shape index (κ1) is 15.6. The van der Waals surface area contributed by atoms with Gasteiger partial charge in [-0.15, -0.1) is 0 Å². The number of benzene rings is 2. The van der Waals surface area contributed by atoms with Crippen LogP contribution in [0, 0.1) is 0 Å². The first-order valence-electron chi connectivity index (χ1n) is 7.23. The largest absolute Gasteiger partial charge is 0.545 e. The van der Waals surface area contributed by atoms with Gasteiger partial charge in [-0.25, -0.2) is 4.68 Å². The molecule has 0 saturated heterocycles. The predicted octanol–water partition coefficient (Wildman–Crippen LogP) is 1.92. The van der Waals surface area contributed by atoms with Crippen LogP contribution in [0.4, 0.5) is 0 Å². The molecule has 0 fully saturated rings. The lowest BCUT2D eigenvalue weighted by molar-refractivity contribution is -0.254. The highest BCUT2D eigenvalue weighted by Crippen LogP contribution is 2.34. The molecule has 6 nitrogen and oxygen atoms in total. The van der Waals surface area contributed by atoms with Crippen LogP contribution in [0.1, 0.15) is 10.4 Å². The zero-order valence-electron chi connectivity index (χ0n) is 13.2. The standard InChI is InChI=1S/C18H16N2O4/c1-23-13-8-9-14(16(10-13)24-2)17-15(18(21)22)11-20(19-17)12-6-4-3-5-7-12/h3-11H,1-2H3,(H,21,22)/p-1. The Hall–Kier alpha value is -3.28. The number of hydrogen-bond acceptors (Lipinski definition) is 5. The van der Waals surface area contributed by atoms with Gasteiger partial charge in [0, 0.05) is 23.4 Å². The van der Waals surface area contributed by atoms with Crippen molar-refractivity contribution >= 4 is 5.97 Å². The van der Waals surface area contributed by atoms with Gasteiger partial charge in [0.15, 0.2) is 0 Å². The minimum atomic E-state index is -1.30. The van der Waals surface area contributed by atoms with E-state index < -0.39 is 5.97 Å². The third-order valence-electron chi connectivity index (χ3n) is 3.62. The molecule has 0 atom stereocenters. The summed E-state index contributed by atoms with van der Waals surface area (Å²) in [6.45, 7) is 0. The monoisotopic (exact) mass is 323 g/mol. The smallest absolute Gasteiger partial charge is 0.132 e. The van der Waals surface area contributed by atoms with Gasteiger partial charge in [0.05, 0.1) is 25.9 Å². The quantitative estimate of drug-likeness (QED) is 0.717. The highest BCUT2D eigenvalue weighted by atomic mass is 16.5. The molecule has 0 spiro atoms. The summed E-state index contributed by atoms with van der Waals surface area (Å²) < 4.78 is 12.0. The number of hydrogen-bond donors (Lipinski definition) is 0. The highest BCUT2D eigenvalue weighted by molar-refractivity contribution is 5.94. The summed E-state index contributed by atoms with van der Waals surface area (Å²) in [5.74, 6) is -0.228. The number of carbonyl (C=O) groups excluding carboxylic acids is 1. The van der Waals surface area contributed by atoms with Crippen LogP contribution in [0.25, 0.3) is 16.9 Å². The van der Waals surface area contributed by atoms with Gasteiger partial charge in [-0.1, -0.05) is 18.2 Å². The molecule has 0 bridgehead atoms. The lowest BCUT2D eigenvalue weighted by atomic mass is 10.1. The molecule has 122 valence electrons. The van der Waals surface area contributed by atoms with Crippen molar-refractivity contribution in [2.45, 2.75) is 0 Å². The van der Waals surface area contributed by atoms with Gasteiger partial charge in [-0.05, 0) is 24.3 Å². The van der Waals surface area contributed by atoms with Crippen LogP contribution in [0.15, 0.2) is 54.7 Å². The number of aromatic carboxylic acids is 1. The lowest BCUT2D eigenvalue weighted by Gasteiger charge is -2.10. The van der Waals surface area contributed by atoms with E-state index in [1.165, 1.54) is 18.0 Å². The Labute approximate surface area is 138 Å². The van der Waals surface area contributed by atoms with Gasteiger partial charge in [0.1, 0.15) is 17.2 Å². The van der Waals surface area contributed by atoms with Crippen molar-refractivity contribution in [3.8, 4) is 28.4 Å². The van der Waals surface area contributed by atoms with E-state index in [-0.39, 0.29) is 11.3 Å². The molecule has 24 heavy (non-hydrogen) atoms. The number of rotatable bonds is 5. The number of para-hydroxylation sites is 1.